The van der Waals surface area contributed by atoms with Crippen molar-refractivity contribution in [2.45, 2.75) is 38.9 Å². The number of hydrogen-bond acceptors (Lipinski definition) is 4. The Morgan fingerprint density at radius 2 is 2.21 bits per heavy atom. The molecule has 0 aromatic carbocycles. The Morgan fingerprint density at radius 1 is 1.46 bits per heavy atom. The predicted molar refractivity (Wildman–Crippen MR) is 78.1 cm³/mol. The zero-order chi connectivity index (χ0) is 17.7. The van der Waals surface area contributed by atoms with Gasteiger partial charge < -0.3 is 9.73 Å². The number of anilines is 1. The first-order valence-electron chi connectivity index (χ1n) is 7.19. The van der Waals surface area contributed by atoms with Crippen LogP contribution in [-0.4, -0.2) is 15.7 Å². The smallest absolute Gasteiger partial charge is 0.450 e. The van der Waals surface area contributed by atoms with Gasteiger partial charge in [0.2, 0.25) is 5.76 Å². The Hall–Kier alpha value is -2.76. The minimum absolute atomic E-state index is 0.000614. The number of furan rings is 1. The van der Waals surface area contributed by atoms with Crippen molar-refractivity contribution in [3.63, 3.8) is 0 Å². The van der Waals surface area contributed by atoms with Crippen molar-refractivity contribution in [2.24, 2.45) is 0 Å². The maximum Gasteiger partial charge on any atom is 0.450 e. The van der Waals surface area contributed by atoms with Gasteiger partial charge in [-0.2, -0.15) is 23.5 Å². The molecule has 0 aliphatic heterocycles. The van der Waals surface area contributed by atoms with Crippen LogP contribution >= 0.6 is 0 Å². The second-order valence-electron chi connectivity index (χ2n) is 5.16. The van der Waals surface area contributed by atoms with Crippen LogP contribution in [0.25, 0.3) is 0 Å². The number of halogens is 3. The Labute approximate surface area is 135 Å². The molecule has 1 amide bonds. The average Bonchev–Trinajstić information content (AvgIpc) is 3.10. The van der Waals surface area contributed by atoms with E-state index < -0.39 is 23.4 Å². The van der Waals surface area contributed by atoms with Gasteiger partial charge in [-0.15, -0.1) is 0 Å². The molecule has 0 unspecified atom stereocenters. The first kappa shape index (κ1) is 17.6. The lowest BCUT2D eigenvalue weighted by Crippen LogP contribution is -2.16. The Kier molecular flexibility index (Phi) is 5.28. The van der Waals surface area contributed by atoms with Gasteiger partial charge in [0.15, 0.2) is 0 Å². The molecule has 0 atom stereocenters. The molecule has 2 rings (SSSR count). The molecular weight excluding hydrogens is 325 g/mol. The van der Waals surface area contributed by atoms with E-state index in [1.165, 1.54) is 19.3 Å². The lowest BCUT2D eigenvalue weighted by Gasteiger charge is -2.06. The molecule has 128 valence electrons. The molecule has 24 heavy (non-hydrogen) atoms. The monoisotopic (exact) mass is 340 g/mol. The number of alkyl halides is 3. The van der Waals surface area contributed by atoms with E-state index >= 15 is 0 Å². The van der Waals surface area contributed by atoms with Crippen LogP contribution < -0.4 is 5.32 Å². The number of rotatable bonds is 6. The number of hydrogen-bond donors (Lipinski definition) is 1. The molecule has 9 heteroatoms. The van der Waals surface area contributed by atoms with E-state index in [0.29, 0.717) is 13.0 Å². The molecule has 1 N–H and O–H groups in total. The Balaban J connectivity index is 2.03. The maximum atomic E-state index is 12.9. The summed E-state index contributed by atoms with van der Waals surface area (Å²) in [7, 11) is 0. The average molecular weight is 340 g/mol. The topological polar surface area (TPSA) is 83.9 Å². The van der Waals surface area contributed by atoms with Gasteiger partial charge in [-0.3, -0.25) is 9.48 Å². The lowest BCUT2D eigenvalue weighted by molar-refractivity contribution is -0.153. The summed E-state index contributed by atoms with van der Waals surface area (Å²) in [5, 5.41) is 14.8. The van der Waals surface area contributed by atoms with Gasteiger partial charge in [0, 0.05) is 19.2 Å². The maximum absolute atomic E-state index is 12.9. The highest BCUT2D eigenvalue weighted by molar-refractivity contribution is 6.05. The molecule has 0 radical (unpaired) electrons. The number of carbonyl (C=O) groups is 1. The van der Waals surface area contributed by atoms with E-state index in [1.54, 1.807) is 4.68 Å². The third-order valence-corrected chi connectivity index (χ3v) is 3.17. The molecular formula is C15H15F3N4O2. The highest BCUT2D eigenvalue weighted by atomic mass is 19.4. The fourth-order valence-electron chi connectivity index (χ4n) is 2.12. The van der Waals surface area contributed by atoms with Crippen molar-refractivity contribution in [1.29, 1.82) is 5.26 Å². The van der Waals surface area contributed by atoms with Crippen molar-refractivity contribution in [2.75, 3.05) is 5.32 Å². The predicted octanol–water partition coefficient (Wildman–Crippen LogP) is 3.75. The van der Waals surface area contributed by atoms with Crippen molar-refractivity contribution in [3.8, 4) is 6.07 Å². The Bertz CT molecular complexity index is 756. The number of nitrogens with one attached hydrogen (secondary N) is 1. The lowest BCUT2D eigenvalue weighted by atomic mass is 10.2. The number of aromatic nitrogens is 2. The number of amides is 1. The largest absolute Gasteiger partial charge is 0.456 e. The number of nitriles is 1. The summed E-state index contributed by atoms with van der Waals surface area (Å²) >= 11 is 0. The summed E-state index contributed by atoms with van der Waals surface area (Å²) in [5.41, 5.74) is -0.283. The molecule has 6 nitrogen and oxygen atoms in total. The van der Waals surface area contributed by atoms with E-state index in [0.717, 1.165) is 18.9 Å². The first-order chi connectivity index (χ1) is 11.3. The van der Waals surface area contributed by atoms with Crippen LogP contribution in [0.3, 0.4) is 0 Å². The zero-order valence-corrected chi connectivity index (χ0v) is 12.9. The van der Waals surface area contributed by atoms with Crippen LogP contribution in [0.4, 0.5) is 18.9 Å². The highest BCUT2D eigenvalue weighted by Gasteiger charge is 2.40. The van der Waals surface area contributed by atoms with E-state index in [4.69, 9.17) is 5.26 Å². The molecule has 0 aliphatic rings. The number of carbonyl (C=O) groups excluding carboxylic acids is 1. The molecule has 0 saturated carbocycles. The highest BCUT2D eigenvalue weighted by Crippen LogP contribution is 2.34. The molecule has 0 saturated heterocycles. The molecule has 2 aromatic rings. The van der Waals surface area contributed by atoms with E-state index in [9.17, 15) is 18.0 Å². The van der Waals surface area contributed by atoms with E-state index in [2.05, 4.69) is 14.8 Å². The van der Waals surface area contributed by atoms with Gasteiger partial charge in [0.05, 0.1) is 23.5 Å². The van der Waals surface area contributed by atoms with Crippen molar-refractivity contribution >= 4 is 11.6 Å². The van der Waals surface area contributed by atoms with Crippen LogP contribution in [0.15, 0.2) is 22.9 Å². The van der Waals surface area contributed by atoms with E-state index in [1.807, 2.05) is 6.07 Å². The van der Waals surface area contributed by atoms with Crippen LogP contribution in [0.5, 0.6) is 0 Å². The molecule has 2 aromatic heterocycles. The minimum atomic E-state index is -4.74. The zero-order valence-electron chi connectivity index (χ0n) is 12.9. The third kappa shape index (κ3) is 4.38. The number of unbranched alkanes of at least 4 members (excludes halogenated alkanes) is 2. The molecule has 0 bridgehead atoms. The summed E-state index contributed by atoms with van der Waals surface area (Å²) in [5.74, 6) is -2.23. The van der Waals surface area contributed by atoms with E-state index in [-0.39, 0.29) is 11.4 Å². The number of nitrogens with zero attached hydrogens (tertiary/aromatic N) is 3. The molecule has 0 aliphatic carbocycles. The SMILES string of the molecule is Cc1cc(C(=O)Nc2cnn(CCCCC#N)c2)c(C(F)(F)F)o1. The molecule has 0 spiro atoms. The summed E-state index contributed by atoms with van der Waals surface area (Å²) < 4.78 is 44.7. The second kappa shape index (κ2) is 7.21. The first-order valence-corrected chi connectivity index (χ1v) is 7.19. The van der Waals surface area contributed by atoms with Crippen LogP contribution in [0, 0.1) is 18.3 Å². The van der Waals surface area contributed by atoms with Crippen LogP contribution in [0.2, 0.25) is 0 Å². The van der Waals surface area contributed by atoms with Crippen molar-refractivity contribution in [1.82, 2.24) is 9.78 Å². The van der Waals surface area contributed by atoms with Crippen LogP contribution in [-0.2, 0) is 12.7 Å². The van der Waals surface area contributed by atoms with Gasteiger partial charge in [-0.05, 0) is 25.8 Å². The van der Waals surface area contributed by atoms with Crippen molar-refractivity contribution in [3.05, 3.63) is 35.5 Å². The normalized spacial score (nSPS) is 11.3. The fraction of sp³-hybridized carbons (Fsp3) is 0.400. The fourth-order valence-corrected chi connectivity index (χ4v) is 2.12. The second-order valence-corrected chi connectivity index (χ2v) is 5.16. The Morgan fingerprint density at radius 3 is 2.88 bits per heavy atom. The van der Waals surface area contributed by atoms with Gasteiger partial charge in [-0.25, -0.2) is 0 Å². The summed E-state index contributed by atoms with van der Waals surface area (Å²) in [4.78, 5) is 12.1. The van der Waals surface area contributed by atoms with Gasteiger partial charge >= 0.3 is 6.18 Å². The minimum Gasteiger partial charge on any atom is -0.456 e. The van der Waals surface area contributed by atoms with Gasteiger partial charge in [-0.1, -0.05) is 0 Å². The third-order valence-electron chi connectivity index (χ3n) is 3.17. The number of aryl methyl sites for hydroxylation is 2. The molecule has 0 fully saturated rings. The quantitative estimate of drug-likeness (QED) is 0.812. The van der Waals surface area contributed by atoms with Crippen molar-refractivity contribution < 1.29 is 22.4 Å². The molecule has 2 heterocycles. The summed E-state index contributed by atoms with van der Waals surface area (Å²) in [6.45, 7) is 1.89. The van der Waals surface area contributed by atoms with Gasteiger partial charge in [0.25, 0.3) is 5.91 Å². The standard InChI is InChI=1S/C15H15F3N4O2/c1-10-7-12(13(24-10)15(16,17)18)14(23)21-11-8-20-22(9-11)6-4-2-3-5-19/h7-9H,2-4,6H2,1H3,(H,21,23). The van der Waals surface area contributed by atoms with Crippen LogP contribution in [0.1, 0.15) is 41.1 Å². The summed E-state index contributed by atoms with van der Waals surface area (Å²) in [6.07, 6.45) is 0.0344. The van der Waals surface area contributed by atoms with Gasteiger partial charge in [0.1, 0.15) is 5.76 Å². The summed E-state index contributed by atoms with van der Waals surface area (Å²) in [6, 6.07) is 3.08.